The van der Waals surface area contributed by atoms with E-state index in [1.54, 1.807) is 12.1 Å². The van der Waals surface area contributed by atoms with Gasteiger partial charge in [-0.25, -0.2) is 4.98 Å². The molecule has 2 aromatic heterocycles. The zero-order valence-electron chi connectivity index (χ0n) is 17.6. The summed E-state index contributed by atoms with van der Waals surface area (Å²) in [4.78, 5) is 29.5. The number of methoxy groups -OCH3 is 1. The molecule has 10 nitrogen and oxygen atoms in total. The maximum atomic E-state index is 13.1. The fourth-order valence-corrected chi connectivity index (χ4v) is 4.08. The van der Waals surface area contributed by atoms with Crippen LogP contribution in [0.3, 0.4) is 0 Å². The van der Waals surface area contributed by atoms with Crippen molar-refractivity contribution in [1.29, 1.82) is 0 Å². The number of hydrogen-bond acceptors (Lipinski definition) is 10. The van der Waals surface area contributed by atoms with Gasteiger partial charge in [0.2, 0.25) is 17.1 Å². The molecular formula is C24H17NO9. The molecule has 0 fully saturated rings. The lowest BCUT2D eigenvalue weighted by molar-refractivity contribution is -0.140. The van der Waals surface area contributed by atoms with E-state index in [0.717, 1.165) is 12.1 Å². The molecule has 4 N–H and O–H groups in total. The van der Waals surface area contributed by atoms with Crippen LogP contribution in [-0.2, 0) is 9.53 Å². The average molecular weight is 463 g/mol. The minimum absolute atomic E-state index is 0.0900. The van der Waals surface area contributed by atoms with Crippen LogP contribution in [0.2, 0.25) is 0 Å². The lowest BCUT2D eigenvalue weighted by Gasteiger charge is -2.27. The third-order valence-electron chi connectivity index (χ3n) is 5.69. The highest BCUT2D eigenvalue weighted by atomic mass is 16.5. The summed E-state index contributed by atoms with van der Waals surface area (Å²) in [5.41, 5.74) is -0.152. The standard InChI is InChI=1S/C24H17NO9/c1-32-17(29)8-12-11-3-2-6-25-24(11)33-16-9-15(28)19-20(30)21(31)22(34-23(19)18(12)16)10-4-5-13(26)14(27)7-10/h2-7,9,12,26-28,31H,8H2,1H3. The third-order valence-corrected chi connectivity index (χ3v) is 5.69. The highest BCUT2D eigenvalue weighted by Gasteiger charge is 2.35. The Hall–Kier alpha value is -4.73. The van der Waals surface area contributed by atoms with Gasteiger partial charge in [-0.05, 0) is 24.3 Å². The largest absolute Gasteiger partial charge is 0.507 e. The summed E-state index contributed by atoms with van der Waals surface area (Å²) in [5, 5.41) is 40.3. The first-order chi connectivity index (χ1) is 16.3. The molecule has 0 saturated carbocycles. The molecule has 172 valence electrons. The fraction of sp³-hybridized carbons (Fsp3) is 0.125. The van der Waals surface area contributed by atoms with E-state index in [1.165, 1.54) is 25.4 Å². The Labute approximate surface area is 190 Å². The quantitative estimate of drug-likeness (QED) is 0.262. The Morgan fingerprint density at radius 3 is 2.62 bits per heavy atom. The zero-order valence-corrected chi connectivity index (χ0v) is 17.6. The summed E-state index contributed by atoms with van der Waals surface area (Å²) >= 11 is 0. The Kier molecular flexibility index (Phi) is 4.78. The molecular weight excluding hydrogens is 446 g/mol. The van der Waals surface area contributed by atoms with Gasteiger partial charge in [0.25, 0.3) is 0 Å². The highest BCUT2D eigenvalue weighted by Crippen LogP contribution is 2.50. The van der Waals surface area contributed by atoms with Crippen LogP contribution in [0.4, 0.5) is 0 Å². The van der Waals surface area contributed by atoms with Crippen molar-refractivity contribution in [3.63, 3.8) is 0 Å². The van der Waals surface area contributed by atoms with Gasteiger partial charge in [0.15, 0.2) is 17.3 Å². The first-order valence-corrected chi connectivity index (χ1v) is 10.1. The lowest BCUT2D eigenvalue weighted by Crippen LogP contribution is -2.17. The topological polar surface area (TPSA) is 160 Å². The van der Waals surface area contributed by atoms with Crippen LogP contribution in [0, 0.1) is 0 Å². The Morgan fingerprint density at radius 2 is 1.88 bits per heavy atom. The number of aromatic nitrogens is 1. The molecule has 2 aromatic carbocycles. The van der Waals surface area contributed by atoms with Crippen LogP contribution in [-0.4, -0.2) is 38.5 Å². The van der Waals surface area contributed by atoms with Crippen LogP contribution in [0.1, 0.15) is 23.5 Å². The molecule has 3 heterocycles. The Morgan fingerprint density at radius 1 is 1.09 bits per heavy atom. The van der Waals surface area contributed by atoms with Crippen molar-refractivity contribution < 1.29 is 39.1 Å². The number of phenols is 3. The summed E-state index contributed by atoms with van der Waals surface area (Å²) in [7, 11) is 1.25. The number of rotatable bonds is 3. The molecule has 0 radical (unpaired) electrons. The highest BCUT2D eigenvalue weighted by molar-refractivity contribution is 5.93. The molecule has 5 rings (SSSR count). The second-order valence-corrected chi connectivity index (χ2v) is 7.66. The minimum atomic E-state index is -0.932. The maximum Gasteiger partial charge on any atom is 0.306 e. The molecule has 0 bridgehead atoms. The van der Waals surface area contributed by atoms with E-state index in [0.29, 0.717) is 5.56 Å². The van der Waals surface area contributed by atoms with Gasteiger partial charge in [0.05, 0.1) is 13.5 Å². The van der Waals surface area contributed by atoms with E-state index in [4.69, 9.17) is 13.9 Å². The van der Waals surface area contributed by atoms with Gasteiger partial charge in [-0.15, -0.1) is 0 Å². The van der Waals surface area contributed by atoms with E-state index in [9.17, 15) is 30.0 Å². The lowest BCUT2D eigenvalue weighted by atomic mass is 9.85. The molecule has 0 spiro atoms. The molecule has 0 saturated heterocycles. The molecule has 34 heavy (non-hydrogen) atoms. The number of benzene rings is 2. The number of hydrogen-bond donors (Lipinski definition) is 4. The van der Waals surface area contributed by atoms with Gasteiger partial charge < -0.3 is 34.3 Å². The van der Waals surface area contributed by atoms with Crippen LogP contribution in [0.15, 0.2) is 51.8 Å². The van der Waals surface area contributed by atoms with Crippen LogP contribution in [0.25, 0.3) is 22.3 Å². The normalized spacial score (nSPS) is 14.2. The van der Waals surface area contributed by atoms with Gasteiger partial charge in [0.1, 0.15) is 22.5 Å². The molecule has 0 aliphatic carbocycles. The number of carbonyl (C=O) groups excluding carboxylic acids is 1. The van der Waals surface area contributed by atoms with Gasteiger partial charge in [-0.2, -0.15) is 0 Å². The number of fused-ring (bicyclic) bond motifs is 4. The Bertz CT molecular complexity index is 1540. The third kappa shape index (κ3) is 3.15. The second kappa shape index (κ2) is 7.69. The van der Waals surface area contributed by atoms with Gasteiger partial charge >= 0.3 is 5.97 Å². The zero-order chi connectivity index (χ0) is 24.1. The van der Waals surface area contributed by atoms with Crippen LogP contribution in [0.5, 0.6) is 34.6 Å². The van der Waals surface area contributed by atoms with Gasteiger partial charge in [-0.1, -0.05) is 6.07 Å². The molecule has 1 atom stereocenters. The summed E-state index contributed by atoms with van der Waals surface area (Å²) < 4.78 is 16.6. The number of pyridine rings is 1. The van der Waals surface area contributed by atoms with Crippen LogP contribution >= 0.6 is 0 Å². The molecule has 1 unspecified atom stereocenters. The van der Waals surface area contributed by atoms with E-state index in [2.05, 4.69) is 4.98 Å². The number of esters is 1. The number of aromatic hydroxyl groups is 4. The van der Waals surface area contributed by atoms with E-state index >= 15 is 0 Å². The predicted octanol–water partition coefficient (Wildman–Crippen LogP) is 3.48. The Balaban J connectivity index is 1.85. The summed E-state index contributed by atoms with van der Waals surface area (Å²) in [5.74, 6) is -3.46. The molecule has 10 heteroatoms. The molecule has 1 aliphatic rings. The first kappa shape index (κ1) is 21.1. The monoisotopic (exact) mass is 463 g/mol. The molecule has 0 amide bonds. The van der Waals surface area contributed by atoms with Crippen molar-refractivity contribution in [2.24, 2.45) is 0 Å². The first-order valence-electron chi connectivity index (χ1n) is 10.1. The number of carbonyl (C=O) groups is 1. The SMILES string of the molecule is COC(=O)CC1c2cccnc2Oc2cc(O)c3c(=O)c(O)c(-c4ccc(O)c(O)c4)oc3c21. The van der Waals surface area contributed by atoms with Crippen molar-refractivity contribution in [2.45, 2.75) is 12.3 Å². The van der Waals surface area contributed by atoms with Crippen molar-refractivity contribution >= 4 is 16.9 Å². The smallest absolute Gasteiger partial charge is 0.306 e. The summed E-state index contributed by atoms with van der Waals surface area (Å²) in [6.45, 7) is 0. The van der Waals surface area contributed by atoms with E-state index in [1.807, 2.05) is 0 Å². The minimum Gasteiger partial charge on any atom is -0.507 e. The number of phenolic OH excluding ortho intramolecular Hbond substituents is 3. The predicted molar refractivity (Wildman–Crippen MR) is 117 cm³/mol. The van der Waals surface area contributed by atoms with E-state index in [-0.39, 0.29) is 45.9 Å². The van der Waals surface area contributed by atoms with Crippen molar-refractivity contribution in [3.8, 4) is 46.0 Å². The molecule has 1 aliphatic heterocycles. The van der Waals surface area contributed by atoms with Gasteiger partial charge in [-0.3, -0.25) is 9.59 Å². The average Bonchev–Trinajstić information content (AvgIpc) is 2.82. The number of nitrogens with zero attached hydrogens (tertiary/aromatic N) is 1. The second-order valence-electron chi connectivity index (χ2n) is 7.66. The van der Waals surface area contributed by atoms with Crippen molar-refractivity contribution in [3.05, 3.63) is 63.9 Å². The maximum absolute atomic E-state index is 13.1. The van der Waals surface area contributed by atoms with Crippen LogP contribution < -0.4 is 10.2 Å². The molecule has 4 aromatic rings. The summed E-state index contributed by atoms with van der Waals surface area (Å²) in [6, 6.07) is 8.16. The van der Waals surface area contributed by atoms with Crippen molar-refractivity contribution in [1.82, 2.24) is 4.98 Å². The number of ether oxygens (including phenoxy) is 2. The van der Waals surface area contributed by atoms with Crippen molar-refractivity contribution in [2.75, 3.05) is 7.11 Å². The fourth-order valence-electron chi connectivity index (χ4n) is 4.08. The van der Waals surface area contributed by atoms with Gasteiger partial charge in [0, 0.05) is 34.9 Å². The summed E-state index contributed by atoms with van der Waals surface area (Å²) in [6.07, 6.45) is 1.36. The van der Waals surface area contributed by atoms with E-state index < -0.39 is 40.3 Å².